The third-order valence-corrected chi connectivity index (χ3v) is 4.73. The van der Waals surface area contributed by atoms with Crippen LogP contribution in [0.15, 0.2) is 83.3 Å². The topological polar surface area (TPSA) is 13.1 Å². The first-order valence-electron chi connectivity index (χ1n) is 8.21. The number of furan rings is 1. The summed E-state index contributed by atoms with van der Waals surface area (Å²) in [4.78, 5) is 0. The minimum absolute atomic E-state index is 0.945. The second-order valence-electron chi connectivity index (χ2n) is 6.31. The molecule has 1 nitrogen and oxygen atoms in total. The van der Waals surface area contributed by atoms with Gasteiger partial charge in [0, 0.05) is 10.8 Å². The molecule has 0 saturated heterocycles. The van der Waals surface area contributed by atoms with Gasteiger partial charge < -0.3 is 4.42 Å². The van der Waals surface area contributed by atoms with Gasteiger partial charge >= 0.3 is 0 Å². The van der Waals surface area contributed by atoms with Gasteiger partial charge in [0.1, 0.15) is 11.2 Å². The molecule has 0 fully saturated rings. The summed E-state index contributed by atoms with van der Waals surface area (Å²) in [5.41, 5.74) is 5.60. The van der Waals surface area contributed by atoms with E-state index in [0.29, 0.717) is 0 Å². The van der Waals surface area contributed by atoms with Crippen LogP contribution >= 0.6 is 0 Å². The van der Waals surface area contributed by atoms with Crippen LogP contribution in [-0.2, 0) is 0 Å². The molecule has 0 bridgehead atoms. The third kappa shape index (κ3) is 1.88. The summed E-state index contributed by atoms with van der Waals surface area (Å²) in [5.74, 6) is 0. The normalized spacial score (nSPS) is 11.5. The largest absolute Gasteiger partial charge is 0.456 e. The van der Waals surface area contributed by atoms with E-state index in [-0.39, 0.29) is 0 Å². The molecule has 0 unspecified atom stereocenters. The molecule has 0 saturated carbocycles. The summed E-state index contributed by atoms with van der Waals surface area (Å²) in [6, 6.07) is 27.8. The fourth-order valence-electron chi connectivity index (χ4n) is 3.62. The van der Waals surface area contributed by atoms with E-state index in [1.54, 1.807) is 0 Å². The molecule has 0 aliphatic carbocycles. The Hall–Kier alpha value is -3.06. The van der Waals surface area contributed by atoms with Crippen molar-refractivity contribution in [3.63, 3.8) is 0 Å². The predicted molar refractivity (Wildman–Crippen MR) is 101 cm³/mol. The third-order valence-electron chi connectivity index (χ3n) is 4.73. The Morgan fingerprint density at radius 1 is 0.625 bits per heavy atom. The second-order valence-corrected chi connectivity index (χ2v) is 6.31. The van der Waals surface area contributed by atoms with E-state index in [9.17, 15) is 0 Å². The van der Waals surface area contributed by atoms with Gasteiger partial charge in [0.2, 0.25) is 0 Å². The van der Waals surface area contributed by atoms with Crippen molar-refractivity contribution in [2.45, 2.75) is 6.92 Å². The van der Waals surface area contributed by atoms with E-state index >= 15 is 0 Å². The molecule has 0 aliphatic heterocycles. The van der Waals surface area contributed by atoms with Gasteiger partial charge in [-0.3, -0.25) is 0 Å². The molecule has 0 N–H and O–H groups in total. The van der Waals surface area contributed by atoms with Gasteiger partial charge in [0.15, 0.2) is 0 Å². The highest BCUT2D eigenvalue weighted by Gasteiger charge is 2.13. The molecule has 0 spiro atoms. The molecule has 5 aromatic rings. The molecule has 1 heteroatoms. The summed E-state index contributed by atoms with van der Waals surface area (Å²) >= 11 is 0. The molecule has 24 heavy (non-hydrogen) atoms. The Balaban J connectivity index is 1.94. The maximum absolute atomic E-state index is 6.11. The van der Waals surface area contributed by atoms with Crippen molar-refractivity contribution in [1.82, 2.24) is 0 Å². The summed E-state index contributed by atoms with van der Waals surface area (Å²) in [6.07, 6.45) is 0. The van der Waals surface area contributed by atoms with Crippen LogP contribution in [0, 0.1) is 6.92 Å². The lowest BCUT2D eigenvalue weighted by Crippen LogP contribution is -1.82. The van der Waals surface area contributed by atoms with Crippen LogP contribution in [0.2, 0.25) is 0 Å². The van der Waals surface area contributed by atoms with Gasteiger partial charge in [-0.25, -0.2) is 0 Å². The zero-order valence-electron chi connectivity index (χ0n) is 13.4. The van der Waals surface area contributed by atoms with Gasteiger partial charge in [0.25, 0.3) is 0 Å². The standard InChI is InChI=1S/C23H16O/c1-15-12-13-20-22(14-15)24-21-11-5-10-19(23(20)21)18-9-4-7-16-6-2-3-8-17(16)18/h2-14H,1H3. The fraction of sp³-hybridized carbons (Fsp3) is 0.0435. The van der Waals surface area contributed by atoms with Crippen molar-refractivity contribution >= 4 is 32.7 Å². The summed E-state index contributed by atoms with van der Waals surface area (Å²) in [6.45, 7) is 2.10. The van der Waals surface area contributed by atoms with Crippen LogP contribution in [0.25, 0.3) is 43.8 Å². The number of hydrogen-bond acceptors (Lipinski definition) is 1. The summed E-state index contributed by atoms with van der Waals surface area (Å²) in [5, 5.41) is 4.91. The van der Waals surface area contributed by atoms with Crippen molar-refractivity contribution in [3.05, 3.63) is 84.4 Å². The number of hydrogen-bond donors (Lipinski definition) is 0. The summed E-state index contributed by atoms with van der Waals surface area (Å²) in [7, 11) is 0. The zero-order chi connectivity index (χ0) is 16.1. The molecule has 0 atom stereocenters. The molecule has 5 rings (SSSR count). The van der Waals surface area contributed by atoms with E-state index < -0.39 is 0 Å². The van der Waals surface area contributed by atoms with Crippen molar-refractivity contribution in [2.75, 3.05) is 0 Å². The first-order valence-corrected chi connectivity index (χ1v) is 8.21. The molecule has 114 valence electrons. The lowest BCUT2D eigenvalue weighted by molar-refractivity contribution is 0.668. The average Bonchev–Trinajstić information content (AvgIpc) is 2.98. The Labute approximate surface area is 140 Å². The first kappa shape index (κ1) is 13.4. The molecular weight excluding hydrogens is 292 g/mol. The van der Waals surface area contributed by atoms with Crippen molar-refractivity contribution in [3.8, 4) is 11.1 Å². The van der Waals surface area contributed by atoms with Crippen LogP contribution < -0.4 is 0 Å². The predicted octanol–water partition coefficient (Wildman–Crippen LogP) is 6.71. The second kappa shape index (κ2) is 4.97. The van der Waals surface area contributed by atoms with E-state index in [0.717, 1.165) is 11.2 Å². The minimum Gasteiger partial charge on any atom is -0.456 e. The first-order chi connectivity index (χ1) is 11.8. The van der Waals surface area contributed by atoms with E-state index in [1.165, 1.54) is 38.2 Å². The molecule has 0 aliphatic rings. The maximum Gasteiger partial charge on any atom is 0.136 e. The smallest absolute Gasteiger partial charge is 0.136 e. The molecule has 1 aromatic heterocycles. The average molecular weight is 308 g/mol. The van der Waals surface area contributed by atoms with Gasteiger partial charge in [0.05, 0.1) is 0 Å². The molecular formula is C23H16O. The van der Waals surface area contributed by atoms with Crippen LogP contribution in [-0.4, -0.2) is 0 Å². The molecule has 0 radical (unpaired) electrons. The number of rotatable bonds is 1. The Morgan fingerprint density at radius 2 is 1.42 bits per heavy atom. The van der Waals surface area contributed by atoms with E-state index in [4.69, 9.17) is 4.42 Å². The maximum atomic E-state index is 6.11. The molecule has 0 amide bonds. The lowest BCUT2D eigenvalue weighted by atomic mass is 9.94. The zero-order valence-corrected chi connectivity index (χ0v) is 13.4. The van der Waals surface area contributed by atoms with Gasteiger partial charge in [-0.15, -0.1) is 0 Å². The van der Waals surface area contributed by atoms with Crippen LogP contribution in [0.1, 0.15) is 5.56 Å². The van der Waals surface area contributed by atoms with E-state index in [2.05, 4.69) is 85.8 Å². The van der Waals surface area contributed by atoms with Crippen LogP contribution in [0.4, 0.5) is 0 Å². The van der Waals surface area contributed by atoms with E-state index in [1.807, 2.05) is 0 Å². The SMILES string of the molecule is Cc1ccc2c(c1)oc1cccc(-c3cccc4ccccc34)c12. The Morgan fingerprint density at radius 3 is 2.38 bits per heavy atom. The van der Waals surface area contributed by atoms with Crippen LogP contribution in [0.3, 0.4) is 0 Å². The fourth-order valence-corrected chi connectivity index (χ4v) is 3.62. The highest BCUT2D eigenvalue weighted by atomic mass is 16.3. The summed E-state index contributed by atoms with van der Waals surface area (Å²) < 4.78 is 6.11. The Kier molecular flexibility index (Phi) is 2.77. The van der Waals surface area contributed by atoms with Crippen molar-refractivity contribution in [1.29, 1.82) is 0 Å². The number of fused-ring (bicyclic) bond motifs is 4. The lowest BCUT2D eigenvalue weighted by Gasteiger charge is -2.08. The molecule has 4 aromatic carbocycles. The highest BCUT2D eigenvalue weighted by molar-refractivity contribution is 6.15. The van der Waals surface area contributed by atoms with Crippen LogP contribution in [0.5, 0.6) is 0 Å². The number of aryl methyl sites for hydroxylation is 1. The van der Waals surface area contributed by atoms with Crippen molar-refractivity contribution < 1.29 is 4.42 Å². The van der Waals surface area contributed by atoms with Gasteiger partial charge in [-0.2, -0.15) is 0 Å². The number of benzene rings is 4. The molecule has 1 heterocycles. The highest BCUT2D eigenvalue weighted by Crippen LogP contribution is 2.39. The van der Waals surface area contributed by atoms with Gasteiger partial charge in [-0.05, 0) is 46.5 Å². The monoisotopic (exact) mass is 308 g/mol. The van der Waals surface area contributed by atoms with Gasteiger partial charge in [-0.1, -0.05) is 66.7 Å². The Bertz CT molecular complexity index is 1210. The van der Waals surface area contributed by atoms with Crippen molar-refractivity contribution in [2.24, 2.45) is 0 Å². The minimum atomic E-state index is 0.945. The quantitative estimate of drug-likeness (QED) is 0.335.